The van der Waals surface area contributed by atoms with Crippen LogP contribution < -0.4 is 18.9 Å². The van der Waals surface area contributed by atoms with Crippen LogP contribution in [-0.2, 0) is 9.47 Å². The lowest BCUT2D eigenvalue weighted by Crippen LogP contribution is -2.24. The maximum Gasteiger partial charge on any atom is 0.350 e. The highest BCUT2D eigenvalue weighted by Gasteiger charge is 2.38. The molecule has 0 saturated carbocycles. The predicted octanol–water partition coefficient (Wildman–Crippen LogP) is 12.1. The van der Waals surface area contributed by atoms with Crippen molar-refractivity contribution in [3.05, 3.63) is 190 Å². The zero-order valence-corrected chi connectivity index (χ0v) is 39.0. The van der Waals surface area contributed by atoms with Gasteiger partial charge in [0.25, 0.3) is 0 Å². The topological polar surface area (TPSA) is 158 Å². The van der Waals surface area contributed by atoms with Gasteiger partial charge in [-0.15, -0.1) is 0 Å². The van der Waals surface area contributed by atoms with E-state index in [0.29, 0.717) is 59.8 Å². The highest BCUT2D eigenvalue weighted by molar-refractivity contribution is 6.19. The molecule has 0 N–H and O–H groups in total. The Balaban J connectivity index is 0.822. The Kier molecular flexibility index (Phi) is 16.5. The number of esters is 4. The third-order valence-corrected chi connectivity index (χ3v) is 11.8. The molecule has 0 spiro atoms. The fourth-order valence-corrected chi connectivity index (χ4v) is 7.97. The van der Waals surface area contributed by atoms with Gasteiger partial charge in [-0.05, 0) is 172 Å². The number of benzene rings is 6. The van der Waals surface area contributed by atoms with Crippen molar-refractivity contribution in [3.8, 4) is 34.1 Å². The van der Waals surface area contributed by atoms with Crippen molar-refractivity contribution in [3.63, 3.8) is 0 Å². The molecule has 0 unspecified atom stereocenters. The Bertz CT molecular complexity index is 2830. The maximum absolute atomic E-state index is 13.7. The lowest BCUT2D eigenvalue weighted by atomic mass is 9.94. The summed E-state index contributed by atoms with van der Waals surface area (Å²) < 4.78 is 61.2. The van der Waals surface area contributed by atoms with E-state index in [1.807, 2.05) is 48.5 Å². The molecule has 72 heavy (non-hydrogen) atoms. The number of rotatable bonds is 24. The molecule has 2 heterocycles. The minimum absolute atomic E-state index is 0.00781. The van der Waals surface area contributed by atoms with Crippen molar-refractivity contribution < 1.29 is 66.0 Å². The van der Waals surface area contributed by atoms with Crippen molar-refractivity contribution in [2.24, 2.45) is 0 Å². The Morgan fingerprint density at radius 3 is 1.10 bits per heavy atom. The van der Waals surface area contributed by atoms with Gasteiger partial charge in [-0.2, -0.15) is 0 Å². The minimum Gasteiger partial charge on any atom is -0.494 e. The number of fused-ring (bicyclic) bond motifs is 5. The number of allylic oxidation sites excluding steroid dienone is 2. The molecule has 366 valence electrons. The molecule has 12 nitrogen and oxygen atoms in total. The lowest BCUT2D eigenvalue weighted by molar-refractivity contribution is 0.0329. The van der Waals surface area contributed by atoms with E-state index >= 15 is 0 Å². The largest absolute Gasteiger partial charge is 0.494 e. The van der Waals surface area contributed by atoms with Gasteiger partial charge in [-0.3, -0.25) is 9.59 Å². The lowest BCUT2D eigenvalue weighted by Gasteiger charge is -2.18. The number of carbonyl (C=O) groups is 6. The molecule has 2 aliphatic rings. The van der Waals surface area contributed by atoms with E-state index in [1.165, 1.54) is 72.8 Å². The van der Waals surface area contributed by atoms with Gasteiger partial charge in [0.1, 0.15) is 45.8 Å². The first kappa shape index (κ1) is 49.9. The normalized spacial score (nSPS) is 12.8. The second-order valence-electron chi connectivity index (χ2n) is 16.9. The maximum atomic E-state index is 13.7. The third-order valence-electron chi connectivity index (χ3n) is 11.8. The van der Waals surface area contributed by atoms with Crippen molar-refractivity contribution in [1.82, 2.24) is 0 Å². The van der Waals surface area contributed by atoms with Crippen LogP contribution >= 0.6 is 0 Å². The second-order valence-corrected chi connectivity index (χ2v) is 16.9. The van der Waals surface area contributed by atoms with Crippen LogP contribution in [0.4, 0.5) is 8.78 Å². The number of cyclic esters (lactones) is 2. The van der Waals surface area contributed by atoms with Crippen molar-refractivity contribution in [1.29, 1.82) is 0 Å². The molecule has 0 atom stereocenters. The monoisotopic (exact) mass is 974 g/mol. The van der Waals surface area contributed by atoms with Gasteiger partial charge in [0.2, 0.25) is 0 Å². The van der Waals surface area contributed by atoms with Crippen molar-refractivity contribution in [2.75, 3.05) is 26.4 Å². The third kappa shape index (κ3) is 12.6. The summed E-state index contributed by atoms with van der Waals surface area (Å²) in [4.78, 5) is 78.9. The summed E-state index contributed by atoms with van der Waals surface area (Å²) in [7, 11) is 0. The summed E-state index contributed by atoms with van der Waals surface area (Å²) in [6.07, 6.45) is 11.9. The van der Waals surface area contributed by atoms with E-state index in [9.17, 15) is 37.5 Å². The predicted molar refractivity (Wildman–Crippen MR) is 263 cm³/mol. The Morgan fingerprint density at radius 2 is 0.722 bits per heavy atom. The quantitative estimate of drug-likeness (QED) is 0.0186. The molecule has 0 amide bonds. The first-order chi connectivity index (χ1) is 35.0. The summed E-state index contributed by atoms with van der Waals surface area (Å²) >= 11 is 0. The van der Waals surface area contributed by atoms with Crippen LogP contribution in [-0.4, -0.2) is 61.9 Å². The molecule has 14 heteroatoms. The summed E-state index contributed by atoms with van der Waals surface area (Å²) in [5.41, 5.74) is 1.85. The van der Waals surface area contributed by atoms with E-state index in [0.717, 1.165) is 49.7 Å². The molecular formula is C58H48F2O12. The van der Waals surface area contributed by atoms with Gasteiger partial charge in [-0.1, -0.05) is 36.4 Å². The molecule has 0 radical (unpaired) electrons. The summed E-state index contributed by atoms with van der Waals surface area (Å²) in [5, 5.41) is 0. The SMILES string of the molecule is O=C(C=Cc1ccc(OCCCCCCOc2c3ccc4c2C(=O)OC(=O)c2c(ccc-3c2OCCCCCCOc2ccc(C=CC(=O)c3ccc(F)cc3)cc2)C(=O)OC4=O)cc1)c1ccc(F)cc1. The first-order valence-corrected chi connectivity index (χ1v) is 23.6. The number of carbonyl (C=O) groups excluding carboxylic acids is 6. The number of unbranched alkanes of at least 4 members (excludes halogenated alkanes) is 6. The molecule has 0 aliphatic carbocycles. The number of hydrogen-bond donors (Lipinski definition) is 0. The van der Waals surface area contributed by atoms with Crippen LogP contribution in [0.15, 0.2) is 133 Å². The van der Waals surface area contributed by atoms with E-state index in [2.05, 4.69) is 0 Å². The second kappa shape index (κ2) is 23.9. The van der Waals surface area contributed by atoms with Crippen LogP contribution in [0.3, 0.4) is 0 Å². The number of ketones is 2. The van der Waals surface area contributed by atoms with E-state index < -0.39 is 35.5 Å². The van der Waals surface area contributed by atoms with E-state index in [4.69, 9.17) is 28.4 Å². The van der Waals surface area contributed by atoms with Gasteiger partial charge in [0.15, 0.2) is 11.6 Å². The molecule has 6 aromatic carbocycles. The highest BCUT2D eigenvalue weighted by atomic mass is 19.1. The first-order valence-electron chi connectivity index (χ1n) is 23.6. The zero-order chi connectivity index (χ0) is 50.4. The summed E-state index contributed by atoms with van der Waals surface area (Å²) in [6, 6.07) is 31.1. The fourth-order valence-electron chi connectivity index (χ4n) is 7.97. The number of halogens is 2. The molecule has 8 rings (SSSR count). The van der Waals surface area contributed by atoms with Crippen LogP contribution in [0.2, 0.25) is 0 Å². The fraction of sp³-hybridized carbons (Fsp3) is 0.207. The smallest absolute Gasteiger partial charge is 0.350 e. The van der Waals surface area contributed by atoms with Gasteiger partial charge < -0.3 is 28.4 Å². The molecule has 0 aromatic heterocycles. The van der Waals surface area contributed by atoms with E-state index in [-0.39, 0.29) is 58.5 Å². The number of ether oxygens (including phenoxy) is 6. The Morgan fingerprint density at radius 1 is 0.389 bits per heavy atom. The van der Waals surface area contributed by atoms with Gasteiger partial charge in [0, 0.05) is 22.3 Å². The van der Waals surface area contributed by atoms with Crippen LogP contribution in [0, 0.1) is 11.6 Å². The molecule has 0 fully saturated rings. The minimum atomic E-state index is -1.14. The molecule has 2 aliphatic heterocycles. The molecule has 0 saturated heterocycles. The Hall–Kier alpha value is -8.52. The van der Waals surface area contributed by atoms with Gasteiger partial charge in [-0.25, -0.2) is 28.0 Å². The average molecular weight is 975 g/mol. The van der Waals surface area contributed by atoms with Gasteiger partial charge in [0.05, 0.1) is 37.6 Å². The van der Waals surface area contributed by atoms with E-state index in [1.54, 1.807) is 24.3 Å². The zero-order valence-electron chi connectivity index (χ0n) is 39.0. The molecular weight excluding hydrogens is 927 g/mol. The molecule has 6 aromatic rings. The number of hydrogen-bond acceptors (Lipinski definition) is 12. The van der Waals surface area contributed by atoms with Crippen molar-refractivity contribution in [2.45, 2.75) is 51.4 Å². The van der Waals surface area contributed by atoms with Crippen LogP contribution in [0.5, 0.6) is 23.0 Å². The van der Waals surface area contributed by atoms with Gasteiger partial charge >= 0.3 is 23.9 Å². The highest BCUT2D eigenvalue weighted by Crippen LogP contribution is 2.45. The molecule has 4 bridgehead atoms. The summed E-state index contributed by atoms with van der Waals surface area (Å²) in [5.74, 6) is -4.45. The average Bonchev–Trinajstić information content (AvgIpc) is 3.42. The van der Waals surface area contributed by atoms with Crippen molar-refractivity contribution >= 4 is 47.6 Å². The van der Waals surface area contributed by atoms with Crippen LogP contribution in [0.1, 0.15) is 125 Å². The standard InChI is InChI=1S/C58H48F2O12/c59-41-19-15-39(16-20-41)49(61)31-13-37-9-23-43(24-10-37)67-33-5-1-3-7-35-69-53-45-27-29-47-51(53)57(65)72-58(66)52-48(56(64)71-55(47)63)30-28-46(45)54(52)70-36-8-4-2-6-34-68-44-25-11-38(12-26-44)14-32-50(62)40-17-21-42(60)22-18-40/h9-32H,1-8,33-36H2. The summed E-state index contributed by atoms with van der Waals surface area (Å²) in [6.45, 7) is 1.17. The van der Waals surface area contributed by atoms with Crippen LogP contribution in [0.25, 0.3) is 23.3 Å². The Labute approximate surface area is 413 Å².